The summed E-state index contributed by atoms with van der Waals surface area (Å²) in [6.07, 6.45) is 0.665. The van der Waals surface area contributed by atoms with Crippen LogP contribution >= 0.6 is 0 Å². The summed E-state index contributed by atoms with van der Waals surface area (Å²) in [5, 5.41) is 9.41. The van der Waals surface area contributed by atoms with Gasteiger partial charge in [-0.2, -0.15) is 4.98 Å². The molecule has 0 radical (unpaired) electrons. The summed E-state index contributed by atoms with van der Waals surface area (Å²) in [7, 11) is 1.86. The first-order chi connectivity index (χ1) is 9.36. The van der Waals surface area contributed by atoms with Gasteiger partial charge in [0.05, 0.1) is 13.0 Å². The van der Waals surface area contributed by atoms with Crippen LogP contribution in [0.5, 0.6) is 0 Å². The molecule has 19 heavy (non-hydrogen) atoms. The molecule has 0 aliphatic carbocycles. The molecule has 0 spiro atoms. The van der Waals surface area contributed by atoms with Gasteiger partial charge in [-0.3, -0.25) is 0 Å². The molecule has 0 saturated carbocycles. The minimum Gasteiger partial charge on any atom is -0.339 e. The van der Waals surface area contributed by atoms with E-state index in [0.717, 1.165) is 0 Å². The van der Waals surface area contributed by atoms with Gasteiger partial charge >= 0.3 is 0 Å². The van der Waals surface area contributed by atoms with Crippen LogP contribution in [0.3, 0.4) is 0 Å². The lowest BCUT2D eigenvalue weighted by Crippen LogP contribution is -2.06. The predicted octanol–water partition coefficient (Wildman–Crippen LogP) is 2.53. The molecule has 4 heteroatoms. The van der Waals surface area contributed by atoms with E-state index in [1.165, 1.54) is 16.3 Å². The van der Waals surface area contributed by atoms with E-state index < -0.39 is 0 Å². The van der Waals surface area contributed by atoms with Gasteiger partial charge in [0, 0.05) is 0 Å². The number of hydrogen-bond donors (Lipinski definition) is 1. The SMILES string of the molecule is CNCc1noc(Cc2cccc3ccccc23)n1. The van der Waals surface area contributed by atoms with Crippen molar-refractivity contribution in [1.29, 1.82) is 0 Å². The van der Waals surface area contributed by atoms with E-state index in [4.69, 9.17) is 4.52 Å². The van der Waals surface area contributed by atoms with E-state index in [2.05, 4.69) is 45.8 Å². The van der Waals surface area contributed by atoms with Gasteiger partial charge in [-0.25, -0.2) is 0 Å². The molecular formula is C15H15N3O. The fraction of sp³-hybridized carbons (Fsp3) is 0.200. The molecule has 4 nitrogen and oxygen atoms in total. The molecule has 0 bridgehead atoms. The van der Waals surface area contributed by atoms with E-state index in [1.54, 1.807) is 0 Å². The summed E-state index contributed by atoms with van der Waals surface area (Å²) in [6.45, 7) is 0.624. The van der Waals surface area contributed by atoms with Crippen LogP contribution in [0.1, 0.15) is 17.3 Å². The normalized spacial score (nSPS) is 11.0. The van der Waals surface area contributed by atoms with Crippen LogP contribution in [0.15, 0.2) is 47.0 Å². The van der Waals surface area contributed by atoms with Crippen LogP contribution in [0, 0.1) is 0 Å². The van der Waals surface area contributed by atoms with Gasteiger partial charge in [-0.15, -0.1) is 0 Å². The number of benzene rings is 2. The van der Waals surface area contributed by atoms with E-state index in [1.807, 2.05) is 19.2 Å². The molecule has 96 valence electrons. The van der Waals surface area contributed by atoms with Crippen molar-refractivity contribution >= 4 is 10.8 Å². The molecule has 1 aromatic heterocycles. The van der Waals surface area contributed by atoms with E-state index in [9.17, 15) is 0 Å². The van der Waals surface area contributed by atoms with Crippen molar-refractivity contribution in [3.63, 3.8) is 0 Å². The Morgan fingerprint density at radius 2 is 1.95 bits per heavy atom. The number of rotatable bonds is 4. The maximum atomic E-state index is 5.27. The Morgan fingerprint density at radius 3 is 2.84 bits per heavy atom. The Balaban J connectivity index is 1.92. The van der Waals surface area contributed by atoms with Crippen molar-refractivity contribution in [2.45, 2.75) is 13.0 Å². The smallest absolute Gasteiger partial charge is 0.231 e. The fourth-order valence-electron chi connectivity index (χ4n) is 2.20. The second kappa shape index (κ2) is 5.20. The Kier molecular flexibility index (Phi) is 3.25. The first-order valence-corrected chi connectivity index (χ1v) is 6.29. The highest BCUT2D eigenvalue weighted by Gasteiger charge is 2.08. The zero-order valence-electron chi connectivity index (χ0n) is 10.8. The summed E-state index contributed by atoms with van der Waals surface area (Å²) < 4.78 is 5.27. The molecule has 0 aliphatic rings. The third kappa shape index (κ3) is 2.48. The van der Waals surface area contributed by atoms with Crippen LogP contribution in [0.25, 0.3) is 10.8 Å². The number of nitrogens with one attached hydrogen (secondary N) is 1. The molecule has 0 atom stereocenters. The van der Waals surface area contributed by atoms with Gasteiger partial charge in [0.2, 0.25) is 5.89 Å². The predicted molar refractivity (Wildman–Crippen MR) is 73.8 cm³/mol. The van der Waals surface area contributed by atoms with Crippen LogP contribution < -0.4 is 5.32 Å². The monoisotopic (exact) mass is 253 g/mol. The lowest BCUT2D eigenvalue weighted by Gasteiger charge is -2.03. The van der Waals surface area contributed by atoms with Gasteiger partial charge in [0.25, 0.3) is 0 Å². The maximum Gasteiger partial charge on any atom is 0.231 e. The number of aromatic nitrogens is 2. The first kappa shape index (κ1) is 11.9. The first-order valence-electron chi connectivity index (χ1n) is 6.29. The van der Waals surface area contributed by atoms with Crippen molar-refractivity contribution in [3.8, 4) is 0 Å². The molecule has 0 saturated heterocycles. The quantitative estimate of drug-likeness (QED) is 0.776. The van der Waals surface area contributed by atoms with Gasteiger partial charge in [0.1, 0.15) is 0 Å². The highest BCUT2D eigenvalue weighted by atomic mass is 16.5. The van der Waals surface area contributed by atoms with Crippen LogP contribution in [0.4, 0.5) is 0 Å². The summed E-state index contributed by atoms with van der Waals surface area (Å²) in [6, 6.07) is 14.6. The molecule has 2 aromatic carbocycles. The highest BCUT2D eigenvalue weighted by Crippen LogP contribution is 2.20. The van der Waals surface area contributed by atoms with Crippen LogP contribution in [-0.2, 0) is 13.0 Å². The second-order valence-electron chi connectivity index (χ2n) is 4.45. The lowest BCUT2D eigenvalue weighted by atomic mass is 10.0. The van der Waals surface area contributed by atoms with Crippen LogP contribution in [0.2, 0.25) is 0 Å². The molecule has 0 amide bonds. The third-order valence-corrected chi connectivity index (χ3v) is 3.07. The summed E-state index contributed by atoms with van der Waals surface area (Å²) in [5.41, 5.74) is 1.21. The summed E-state index contributed by atoms with van der Waals surface area (Å²) in [5.74, 6) is 1.35. The molecule has 0 unspecified atom stereocenters. The number of hydrogen-bond acceptors (Lipinski definition) is 4. The minimum absolute atomic E-state index is 0.624. The second-order valence-corrected chi connectivity index (χ2v) is 4.45. The van der Waals surface area contributed by atoms with Crippen molar-refractivity contribution < 1.29 is 4.52 Å². The van der Waals surface area contributed by atoms with Crippen LogP contribution in [-0.4, -0.2) is 17.2 Å². The molecule has 1 N–H and O–H groups in total. The van der Waals surface area contributed by atoms with Gasteiger partial charge in [-0.1, -0.05) is 47.6 Å². The van der Waals surface area contributed by atoms with Crippen molar-refractivity contribution in [1.82, 2.24) is 15.5 Å². The van der Waals surface area contributed by atoms with Crippen molar-refractivity contribution in [3.05, 3.63) is 59.7 Å². The van der Waals surface area contributed by atoms with Crippen molar-refractivity contribution in [2.75, 3.05) is 7.05 Å². The molecule has 1 heterocycles. The standard InChI is InChI=1S/C15H15N3O/c1-16-10-14-17-15(19-18-14)9-12-7-4-6-11-5-2-3-8-13(11)12/h2-8,16H,9-10H2,1H3. The summed E-state index contributed by atoms with van der Waals surface area (Å²) >= 11 is 0. The average Bonchev–Trinajstić information content (AvgIpc) is 2.87. The van der Waals surface area contributed by atoms with Gasteiger partial charge in [0.15, 0.2) is 5.82 Å². The zero-order chi connectivity index (χ0) is 13.1. The van der Waals surface area contributed by atoms with Crippen molar-refractivity contribution in [2.24, 2.45) is 0 Å². The van der Waals surface area contributed by atoms with E-state index in [0.29, 0.717) is 24.7 Å². The fourth-order valence-corrected chi connectivity index (χ4v) is 2.20. The minimum atomic E-state index is 0.624. The Bertz CT molecular complexity index is 685. The highest BCUT2D eigenvalue weighted by molar-refractivity contribution is 5.85. The molecule has 0 aliphatic heterocycles. The molecule has 0 fully saturated rings. The zero-order valence-corrected chi connectivity index (χ0v) is 10.8. The lowest BCUT2D eigenvalue weighted by molar-refractivity contribution is 0.378. The average molecular weight is 253 g/mol. The Labute approximate surface area is 111 Å². The molecule has 3 aromatic rings. The Hall–Kier alpha value is -2.20. The van der Waals surface area contributed by atoms with Gasteiger partial charge < -0.3 is 9.84 Å². The number of fused-ring (bicyclic) bond motifs is 1. The third-order valence-electron chi connectivity index (χ3n) is 3.07. The van der Waals surface area contributed by atoms with E-state index >= 15 is 0 Å². The molecular weight excluding hydrogens is 238 g/mol. The molecule has 3 rings (SSSR count). The Morgan fingerprint density at radius 1 is 1.11 bits per heavy atom. The number of nitrogens with zero attached hydrogens (tertiary/aromatic N) is 2. The maximum absolute atomic E-state index is 5.27. The van der Waals surface area contributed by atoms with E-state index in [-0.39, 0.29) is 0 Å². The summed E-state index contributed by atoms with van der Waals surface area (Å²) in [4.78, 5) is 4.36. The topological polar surface area (TPSA) is 51.0 Å². The largest absolute Gasteiger partial charge is 0.339 e. The van der Waals surface area contributed by atoms with Gasteiger partial charge in [-0.05, 0) is 23.4 Å².